The lowest BCUT2D eigenvalue weighted by atomic mass is 10.0. The van der Waals surface area contributed by atoms with E-state index < -0.39 is 11.7 Å². The highest BCUT2D eigenvalue weighted by Crippen LogP contribution is 2.19. The van der Waals surface area contributed by atoms with Crippen LogP contribution in [0.25, 0.3) is 0 Å². The van der Waals surface area contributed by atoms with Crippen LogP contribution in [-0.4, -0.2) is 11.7 Å². The van der Waals surface area contributed by atoms with Gasteiger partial charge in [-0.1, -0.05) is 42.8 Å². The van der Waals surface area contributed by atoms with Gasteiger partial charge >= 0.3 is 0 Å². The van der Waals surface area contributed by atoms with Crippen molar-refractivity contribution < 1.29 is 14.0 Å². The number of anilines is 1. The number of carbonyl (C=O) groups is 2. The molecule has 2 rings (SSSR count). The number of hydrogen-bond donors (Lipinski definition) is 1. The Bertz CT molecular complexity index is 713. The van der Waals surface area contributed by atoms with E-state index >= 15 is 0 Å². The molecule has 0 heterocycles. The van der Waals surface area contributed by atoms with Crippen molar-refractivity contribution in [2.45, 2.75) is 26.2 Å². The standard InChI is InChI=1S/C18H17ClFNO2/c1-2-12-3-5-13(6-4-12)17(22)9-10-18(23)21-16-8-7-14(19)11-15(16)20/h3-8,11H,2,9-10H2,1H3,(H,21,23). The van der Waals surface area contributed by atoms with Crippen LogP contribution >= 0.6 is 11.6 Å². The Hall–Kier alpha value is -2.20. The van der Waals surface area contributed by atoms with Gasteiger partial charge in [-0.05, 0) is 30.2 Å². The van der Waals surface area contributed by atoms with Gasteiger partial charge in [0.2, 0.25) is 5.91 Å². The van der Waals surface area contributed by atoms with Crippen LogP contribution < -0.4 is 5.32 Å². The van der Waals surface area contributed by atoms with E-state index in [0.717, 1.165) is 18.1 Å². The van der Waals surface area contributed by atoms with Crippen molar-refractivity contribution in [3.8, 4) is 0 Å². The molecule has 0 saturated carbocycles. The first-order valence-electron chi connectivity index (χ1n) is 7.36. The zero-order valence-corrected chi connectivity index (χ0v) is 13.5. The highest BCUT2D eigenvalue weighted by molar-refractivity contribution is 6.30. The molecule has 5 heteroatoms. The summed E-state index contributed by atoms with van der Waals surface area (Å²) in [7, 11) is 0. The number of benzene rings is 2. The molecule has 1 N–H and O–H groups in total. The Kier molecular flexibility index (Phi) is 5.88. The zero-order chi connectivity index (χ0) is 16.8. The Morgan fingerprint density at radius 2 is 1.78 bits per heavy atom. The minimum Gasteiger partial charge on any atom is -0.324 e. The minimum atomic E-state index is -0.604. The van der Waals surface area contributed by atoms with Crippen molar-refractivity contribution in [1.29, 1.82) is 0 Å². The van der Waals surface area contributed by atoms with E-state index in [1.165, 1.54) is 12.1 Å². The number of amides is 1. The fraction of sp³-hybridized carbons (Fsp3) is 0.222. The van der Waals surface area contributed by atoms with Crippen molar-refractivity contribution in [3.63, 3.8) is 0 Å². The zero-order valence-electron chi connectivity index (χ0n) is 12.7. The second-order valence-electron chi connectivity index (χ2n) is 5.15. The average Bonchev–Trinajstić information content (AvgIpc) is 2.55. The number of carbonyl (C=O) groups excluding carboxylic acids is 2. The third-order valence-electron chi connectivity index (χ3n) is 3.47. The van der Waals surface area contributed by atoms with Gasteiger partial charge in [0.1, 0.15) is 5.82 Å². The molecular formula is C18H17ClFNO2. The van der Waals surface area contributed by atoms with Crippen LogP contribution in [0.15, 0.2) is 42.5 Å². The number of nitrogens with one attached hydrogen (secondary N) is 1. The lowest BCUT2D eigenvalue weighted by Gasteiger charge is -2.07. The van der Waals surface area contributed by atoms with Crippen LogP contribution in [0.5, 0.6) is 0 Å². The van der Waals surface area contributed by atoms with E-state index in [1.807, 2.05) is 19.1 Å². The van der Waals surface area contributed by atoms with E-state index in [9.17, 15) is 14.0 Å². The number of hydrogen-bond acceptors (Lipinski definition) is 2. The summed E-state index contributed by atoms with van der Waals surface area (Å²) in [6.45, 7) is 2.04. The summed E-state index contributed by atoms with van der Waals surface area (Å²) in [6, 6.07) is 11.3. The van der Waals surface area contributed by atoms with E-state index in [-0.39, 0.29) is 29.3 Å². The second kappa shape index (κ2) is 7.88. The van der Waals surface area contributed by atoms with Crippen LogP contribution in [0.2, 0.25) is 5.02 Å². The van der Waals surface area contributed by atoms with E-state index in [0.29, 0.717) is 5.56 Å². The third kappa shape index (κ3) is 4.89. The molecule has 0 radical (unpaired) electrons. The van der Waals surface area contributed by atoms with Crippen molar-refractivity contribution in [2.24, 2.45) is 0 Å². The van der Waals surface area contributed by atoms with Crippen LogP contribution in [0.4, 0.5) is 10.1 Å². The molecule has 2 aromatic carbocycles. The minimum absolute atomic E-state index is 0.00354. The largest absolute Gasteiger partial charge is 0.324 e. The molecule has 23 heavy (non-hydrogen) atoms. The van der Waals surface area contributed by atoms with Gasteiger partial charge < -0.3 is 5.32 Å². The third-order valence-corrected chi connectivity index (χ3v) is 3.70. The molecule has 0 saturated heterocycles. The molecule has 0 fully saturated rings. The van der Waals surface area contributed by atoms with E-state index in [2.05, 4.69) is 5.32 Å². The molecule has 2 aromatic rings. The number of aryl methyl sites for hydroxylation is 1. The molecule has 1 amide bonds. The number of ketones is 1. The molecule has 0 bridgehead atoms. The summed E-state index contributed by atoms with van der Waals surface area (Å²) < 4.78 is 13.6. The van der Waals surface area contributed by atoms with Crippen molar-refractivity contribution in [1.82, 2.24) is 0 Å². The Labute approximate surface area is 139 Å². The van der Waals surface area contributed by atoms with Gasteiger partial charge in [0.05, 0.1) is 5.69 Å². The van der Waals surface area contributed by atoms with Crippen LogP contribution in [0.1, 0.15) is 35.7 Å². The topological polar surface area (TPSA) is 46.2 Å². The highest BCUT2D eigenvalue weighted by Gasteiger charge is 2.11. The SMILES string of the molecule is CCc1ccc(C(=O)CCC(=O)Nc2ccc(Cl)cc2F)cc1. The molecular weight excluding hydrogens is 317 g/mol. The van der Waals surface area contributed by atoms with Crippen molar-refractivity contribution >= 4 is 29.0 Å². The molecule has 0 aliphatic rings. The van der Waals surface area contributed by atoms with Crippen molar-refractivity contribution in [2.75, 3.05) is 5.32 Å². The average molecular weight is 334 g/mol. The maximum atomic E-state index is 13.6. The summed E-state index contributed by atoms with van der Waals surface area (Å²) in [6.07, 6.45) is 0.979. The summed E-state index contributed by atoms with van der Waals surface area (Å²) in [5.74, 6) is -1.13. The fourth-order valence-corrected chi connectivity index (χ4v) is 2.26. The van der Waals surface area contributed by atoms with Gasteiger partial charge in [-0.25, -0.2) is 4.39 Å². The van der Waals surface area contributed by atoms with Gasteiger partial charge in [-0.15, -0.1) is 0 Å². The molecule has 0 aliphatic heterocycles. The summed E-state index contributed by atoms with van der Waals surface area (Å²) in [4.78, 5) is 23.9. The monoisotopic (exact) mass is 333 g/mol. The Balaban J connectivity index is 1.89. The molecule has 120 valence electrons. The van der Waals surface area contributed by atoms with Crippen LogP contribution in [0, 0.1) is 5.82 Å². The quantitative estimate of drug-likeness (QED) is 0.782. The normalized spacial score (nSPS) is 10.4. The maximum absolute atomic E-state index is 13.6. The van der Waals surface area contributed by atoms with Crippen LogP contribution in [-0.2, 0) is 11.2 Å². The predicted octanol–water partition coefficient (Wildman–Crippen LogP) is 4.64. The van der Waals surface area contributed by atoms with E-state index in [1.54, 1.807) is 12.1 Å². The first kappa shape index (κ1) is 17.2. The number of rotatable bonds is 6. The number of halogens is 2. The van der Waals surface area contributed by atoms with E-state index in [4.69, 9.17) is 11.6 Å². The second-order valence-corrected chi connectivity index (χ2v) is 5.58. The summed E-state index contributed by atoms with van der Waals surface area (Å²) in [5, 5.41) is 2.69. The van der Waals surface area contributed by atoms with Gasteiger partial charge in [-0.2, -0.15) is 0 Å². The predicted molar refractivity (Wildman–Crippen MR) is 89.4 cm³/mol. The summed E-state index contributed by atoms with van der Waals surface area (Å²) >= 11 is 5.65. The molecule has 0 spiro atoms. The lowest BCUT2D eigenvalue weighted by molar-refractivity contribution is -0.116. The smallest absolute Gasteiger partial charge is 0.224 e. The molecule has 0 atom stereocenters. The molecule has 0 unspecified atom stereocenters. The van der Waals surface area contributed by atoms with Crippen LogP contribution in [0.3, 0.4) is 0 Å². The first-order valence-corrected chi connectivity index (χ1v) is 7.74. The van der Waals surface area contributed by atoms with Gasteiger partial charge in [0.25, 0.3) is 0 Å². The van der Waals surface area contributed by atoms with Gasteiger partial charge in [0, 0.05) is 23.4 Å². The Morgan fingerprint density at radius 1 is 1.09 bits per heavy atom. The molecule has 0 aromatic heterocycles. The van der Waals surface area contributed by atoms with Gasteiger partial charge in [0.15, 0.2) is 5.78 Å². The molecule has 3 nitrogen and oxygen atoms in total. The lowest BCUT2D eigenvalue weighted by Crippen LogP contribution is -2.14. The fourth-order valence-electron chi connectivity index (χ4n) is 2.10. The molecule has 0 aliphatic carbocycles. The Morgan fingerprint density at radius 3 is 2.39 bits per heavy atom. The van der Waals surface area contributed by atoms with Gasteiger partial charge in [-0.3, -0.25) is 9.59 Å². The summed E-state index contributed by atoms with van der Waals surface area (Å²) in [5.41, 5.74) is 1.78. The van der Waals surface area contributed by atoms with Crippen molar-refractivity contribution in [3.05, 3.63) is 64.4 Å². The maximum Gasteiger partial charge on any atom is 0.224 e. The first-order chi connectivity index (χ1) is 11.0. The highest BCUT2D eigenvalue weighted by atomic mass is 35.5. The number of Topliss-reactive ketones (excluding diaryl/α,β-unsaturated/α-hetero) is 1.